The molecule has 14 heteroatoms. The molecule has 3 N–H and O–H groups in total. The Morgan fingerprint density at radius 3 is 1.98 bits per heavy atom. The number of carbonyl (C=O) groups excluding carboxylic acids is 1. The van der Waals surface area contributed by atoms with E-state index in [0.717, 1.165) is 11.3 Å². The van der Waals surface area contributed by atoms with E-state index in [4.69, 9.17) is 14.5 Å². The molecule has 5 rings (SSSR count). The lowest BCUT2D eigenvalue weighted by Crippen LogP contribution is -2.47. The zero-order valence-corrected chi connectivity index (χ0v) is 26.1. The summed E-state index contributed by atoms with van der Waals surface area (Å²) in [4.78, 5) is 41.0. The molecule has 14 nitrogen and oxygen atoms in total. The number of nitro groups is 1. The van der Waals surface area contributed by atoms with E-state index in [2.05, 4.69) is 35.7 Å². The number of hydrogen-bond acceptors (Lipinski definition) is 12. The van der Waals surface area contributed by atoms with E-state index < -0.39 is 4.92 Å². The fourth-order valence-electron chi connectivity index (χ4n) is 4.88. The van der Waals surface area contributed by atoms with Gasteiger partial charge in [0.25, 0.3) is 11.6 Å². The molecule has 1 aliphatic heterocycles. The van der Waals surface area contributed by atoms with Gasteiger partial charge in [0.2, 0.25) is 17.8 Å². The third-order valence-electron chi connectivity index (χ3n) is 7.37. The van der Waals surface area contributed by atoms with Gasteiger partial charge in [-0.25, -0.2) is 0 Å². The summed E-state index contributed by atoms with van der Waals surface area (Å²) in [7, 11) is 0. The molecule has 0 spiro atoms. The zero-order valence-electron chi connectivity index (χ0n) is 26.1. The van der Waals surface area contributed by atoms with E-state index in [1.165, 1.54) is 12.1 Å². The number of anilines is 4. The average Bonchev–Trinajstić information content (AvgIpc) is 3.12. The molecule has 1 aromatic heterocycles. The first-order valence-electron chi connectivity index (χ1n) is 15.6. The largest absolute Gasteiger partial charge is 0.377 e. The number of nitrogens with zero attached hydrogens (tertiary/aromatic N) is 6. The van der Waals surface area contributed by atoms with Crippen molar-refractivity contribution in [3.8, 4) is 0 Å². The second kappa shape index (κ2) is 17.4. The highest BCUT2D eigenvalue weighted by atomic mass is 16.6. The summed E-state index contributed by atoms with van der Waals surface area (Å²) < 4.78 is 11.3. The maximum atomic E-state index is 12.1. The van der Waals surface area contributed by atoms with Crippen molar-refractivity contribution in [2.75, 3.05) is 86.1 Å². The molecule has 0 radical (unpaired) electrons. The lowest BCUT2D eigenvalue weighted by Gasteiger charge is -2.36. The molecule has 0 aliphatic carbocycles. The van der Waals surface area contributed by atoms with Crippen LogP contribution in [0.15, 0.2) is 84.9 Å². The predicted octanol–water partition coefficient (Wildman–Crippen LogP) is 3.59. The zero-order chi connectivity index (χ0) is 32.7. The van der Waals surface area contributed by atoms with E-state index in [0.29, 0.717) is 95.6 Å². The van der Waals surface area contributed by atoms with Gasteiger partial charge in [-0.3, -0.25) is 14.9 Å². The highest BCUT2D eigenvalue weighted by Crippen LogP contribution is 2.22. The number of rotatable bonds is 17. The lowest BCUT2D eigenvalue weighted by atomic mass is 10.2. The van der Waals surface area contributed by atoms with Crippen LogP contribution >= 0.6 is 0 Å². The summed E-state index contributed by atoms with van der Waals surface area (Å²) in [5.41, 5.74) is 2.75. The minimum atomic E-state index is -0.392. The van der Waals surface area contributed by atoms with E-state index in [-0.39, 0.29) is 11.6 Å². The number of benzene rings is 3. The van der Waals surface area contributed by atoms with Gasteiger partial charge in [-0.2, -0.15) is 15.0 Å². The van der Waals surface area contributed by atoms with Crippen LogP contribution in [0.3, 0.4) is 0 Å². The average molecular weight is 642 g/mol. The van der Waals surface area contributed by atoms with Gasteiger partial charge in [0, 0.05) is 69.2 Å². The molecule has 1 amide bonds. The van der Waals surface area contributed by atoms with Gasteiger partial charge in [0.05, 0.1) is 31.4 Å². The van der Waals surface area contributed by atoms with Crippen LogP contribution in [0.25, 0.3) is 0 Å². The molecule has 0 saturated carbocycles. The fraction of sp³-hybridized carbons (Fsp3) is 0.333. The molecule has 4 aromatic rings. The van der Waals surface area contributed by atoms with Gasteiger partial charge in [-0.05, 0) is 29.8 Å². The number of nitro benzene ring substituents is 1. The molecular formula is C33H39N9O5. The summed E-state index contributed by atoms with van der Waals surface area (Å²) >= 11 is 0. The number of carbonyl (C=O) groups is 1. The predicted molar refractivity (Wildman–Crippen MR) is 180 cm³/mol. The number of piperazine rings is 1. The van der Waals surface area contributed by atoms with Crippen LogP contribution in [0.1, 0.15) is 15.9 Å². The third-order valence-corrected chi connectivity index (χ3v) is 7.37. The van der Waals surface area contributed by atoms with Crippen molar-refractivity contribution in [2.24, 2.45) is 0 Å². The topological polar surface area (TPSA) is 160 Å². The van der Waals surface area contributed by atoms with Gasteiger partial charge < -0.3 is 35.2 Å². The molecule has 246 valence electrons. The molecule has 3 aromatic carbocycles. The Balaban J connectivity index is 1.07. The first-order chi connectivity index (χ1) is 23.0. The highest BCUT2D eigenvalue weighted by molar-refractivity contribution is 5.94. The number of nitrogens with one attached hydrogen (secondary N) is 3. The van der Waals surface area contributed by atoms with E-state index >= 15 is 0 Å². The Labute approximate surface area is 273 Å². The lowest BCUT2D eigenvalue weighted by molar-refractivity contribution is -0.384. The number of non-ortho nitro benzene ring substituents is 1. The van der Waals surface area contributed by atoms with Crippen molar-refractivity contribution in [3.63, 3.8) is 0 Å². The second-order valence-corrected chi connectivity index (χ2v) is 10.6. The monoisotopic (exact) mass is 641 g/mol. The standard InChI is InChI=1S/C33H39N9O5/c43-30(27-9-5-2-6-10-27)34-15-21-46-23-24-47-22-16-35-31-37-32(36-25-26-7-3-1-4-8-26)39-33(38-31)41-19-17-40(18-20-41)28-11-13-29(14-12-28)42(44)45/h1-14H,15-25H2,(H,34,43)(H2,35,36,37,38,39). The Morgan fingerprint density at radius 2 is 1.32 bits per heavy atom. The highest BCUT2D eigenvalue weighted by Gasteiger charge is 2.21. The summed E-state index contributed by atoms with van der Waals surface area (Å²) in [5.74, 6) is 1.35. The van der Waals surface area contributed by atoms with Gasteiger partial charge in [0.15, 0.2) is 0 Å². The van der Waals surface area contributed by atoms with Crippen LogP contribution in [0.4, 0.5) is 29.2 Å². The maximum Gasteiger partial charge on any atom is 0.269 e. The van der Waals surface area contributed by atoms with Crippen molar-refractivity contribution in [2.45, 2.75) is 6.54 Å². The normalized spacial score (nSPS) is 12.9. The maximum absolute atomic E-state index is 12.1. The smallest absolute Gasteiger partial charge is 0.269 e. The minimum Gasteiger partial charge on any atom is -0.377 e. The van der Waals surface area contributed by atoms with Crippen LogP contribution in [-0.2, 0) is 16.0 Å². The van der Waals surface area contributed by atoms with Gasteiger partial charge in [-0.15, -0.1) is 0 Å². The second-order valence-electron chi connectivity index (χ2n) is 10.6. The first kappa shape index (κ1) is 33.0. The quantitative estimate of drug-likeness (QED) is 0.0875. The van der Waals surface area contributed by atoms with Crippen LogP contribution < -0.4 is 25.8 Å². The Bertz CT molecular complexity index is 1550. The van der Waals surface area contributed by atoms with Gasteiger partial charge >= 0.3 is 0 Å². The summed E-state index contributed by atoms with van der Waals surface area (Å²) in [6.07, 6.45) is 0. The molecule has 47 heavy (non-hydrogen) atoms. The number of ether oxygens (including phenoxy) is 2. The van der Waals surface area contributed by atoms with Crippen LogP contribution in [-0.4, -0.2) is 91.5 Å². The fourth-order valence-corrected chi connectivity index (χ4v) is 4.88. The van der Waals surface area contributed by atoms with E-state index in [1.54, 1.807) is 24.3 Å². The van der Waals surface area contributed by atoms with Crippen molar-refractivity contribution >= 4 is 35.1 Å². The van der Waals surface area contributed by atoms with Crippen molar-refractivity contribution in [3.05, 3.63) is 106 Å². The SMILES string of the molecule is O=C(NCCOCCOCCNc1nc(NCc2ccccc2)nc(N2CCN(c3ccc([N+](=O)[O-])cc3)CC2)n1)c1ccccc1. The number of amides is 1. The molecule has 0 bridgehead atoms. The number of hydrogen-bond donors (Lipinski definition) is 3. The van der Waals surface area contributed by atoms with Crippen molar-refractivity contribution < 1.29 is 19.2 Å². The molecule has 0 atom stereocenters. The minimum absolute atomic E-state index is 0.0771. The Kier molecular flexibility index (Phi) is 12.2. The molecule has 1 aliphatic rings. The summed E-state index contributed by atoms with van der Waals surface area (Å²) in [6.45, 7) is 5.92. The van der Waals surface area contributed by atoms with Gasteiger partial charge in [0.1, 0.15) is 0 Å². The van der Waals surface area contributed by atoms with Crippen LogP contribution in [0.2, 0.25) is 0 Å². The van der Waals surface area contributed by atoms with E-state index in [9.17, 15) is 14.9 Å². The summed E-state index contributed by atoms with van der Waals surface area (Å²) in [5, 5.41) is 20.4. The Hall–Kier alpha value is -5.34. The summed E-state index contributed by atoms with van der Waals surface area (Å²) in [6, 6.07) is 25.7. The molecule has 1 fully saturated rings. The molecule has 0 unspecified atom stereocenters. The van der Waals surface area contributed by atoms with Gasteiger partial charge in [-0.1, -0.05) is 48.5 Å². The molecule has 2 heterocycles. The van der Waals surface area contributed by atoms with Crippen LogP contribution in [0, 0.1) is 10.1 Å². The van der Waals surface area contributed by atoms with Crippen molar-refractivity contribution in [1.82, 2.24) is 20.3 Å². The number of aromatic nitrogens is 3. The van der Waals surface area contributed by atoms with E-state index in [1.807, 2.05) is 48.5 Å². The van der Waals surface area contributed by atoms with Crippen LogP contribution in [0.5, 0.6) is 0 Å². The van der Waals surface area contributed by atoms with Crippen molar-refractivity contribution in [1.29, 1.82) is 0 Å². The molecule has 1 saturated heterocycles. The Morgan fingerprint density at radius 1 is 0.723 bits per heavy atom. The third kappa shape index (κ3) is 10.3. The molecular weight excluding hydrogens is 602 g/mol. The first-order valence-corrected chi connectivity index (χ1v) is 15.6.